The zero-order valence-electron chi connectivity index (χ0n) is 17.2. The number of hydrogen-bond donors (Lipinski definition) is 4. The highest BCUT2D eigenvalue weighted by molar-refractivity contribution is 6.06. The van der Waals surface area contributed by atoms with E-state index in [1.165, 1.54) is 0 Å². The second kappa shape index (κ2) is 8.14. The Morgan fingerprint density at radius 3 is 2.77 bits per heavy atom. The lowest BCUT2D eigenvalue weighted by Crippen LogP contribution is -2.52. The van der Waals surface area contributed by atoms with E-state index in [0.717, 1.165) is 48.6 Å². The van der Waals surface area contributed by atoms with Gasteiger partial charge in [0.2, 0.25) is 11.8 Å². The molecular weight excluding hydrogens is 396 g/mol. The fraction of sp³-hybridized carbons (Fsp3) is 0.455. The first-order valence-corrected chi connectivity index (χ1v) is 10.9. The summed E-state index contributed by atoms with van der Waals surface area (Å²) in [4.78, 5) is 38.5. The van der Waals surface area contributed by atoms with Gasteiger partial charge in [-0.05, 0) is 43.5 Å². The molecule has 1 aromatic carbocycles. The minimum Gasteiger partial charge on any atom is -0.364 e. The Morgan fingerprint density at radius 2 is 1.97 bits per heavy atom. The fourth-order valence-corrected chi connectivity index (χ4v) is 4.79. The second-order valence-electron chi connectivity index (χ2n) is 8.44. The number of fused-ring (bicyclic) bond motifs is 1. The molecule has 31 heavy (non-hydrogen) atoms. The molecule has 2 aromatic rings. The molecule has 9 nitrogen and oxygen atoms in total. The molecule has 0 saturated carbocycles. The maximum Gasteiger partial charge on any atom is 0.255 e. The Labute approximate surface area is 180 Å². The van der Waals surface area contributed by atoms with Gasteiger partial charge >= 0.3 is 0 Å². The van der Waals surface area contributed by atoms with Gasteiger partial charge in [0.05, 0.1) is 0 Å². The van der Waals surface area contributed by atoms with Crippen molar-refractivity contribution >= 4 is 23.5 Å². The third kappa shape index (κ3) is 3.81. The topological polar surface area (TPSA) is 119 Å². The van der Waals surface area contributed by atoms with Crippen molar-refractivity contribution in [3.05, 3.63) is 46.6 Å². The van der Waals surface area contributed by atoms with Crippen LogP contribution in [0.25, 0.3) is 0 Å². The Bertz CT molecular complexity index is 1030. The number of aromatic nitrogens is 2. The Balaban J connectivity index is 1.28. The van der Waals surface area contributed by atoms with E-state index in [4.69, 9.17) is 0 Å². The van der Waals surface area contributed by atoms with Gasteiger partial charge < -0.3 is 15.5 Å². The number of rotatable bonds is 5. The van der Waals surface area contributed by atoms with E-state index in [1.54, 1.807) is 4.90 Å². The molecule has 1 atom stereocenters. The van der Waals surface area contributed by atoms with Crippen LogP contribution in [0.3, 0.4) is 0 Å². The lowest BCUT2D eigenvalue weighted by molar-refractivity contribution is -0.136. The molecule has 4 N–H and O–H groups in total. The van der Waals surface area contributed by atoms with Crippen molar-refractivity contribution < 1.29 is 14.4 Å². The van der Waals surface area contributed by atoms with Gasteiger partial charge in [-0.3, -0.25) is 24.8 Å². The fourth-order valence-electron chi connectivity index (χ4n) is 4.79. The number of hydrogen-bond acceptors (Lipinski definition) is 6. The zero-order chi connectivity index (χ0) is 21.4. The highest BCUT2D eigenvalue weighted by Crippen LogP contribution is 2.30. The molecule has 0 bridgehead atoms. The van der Waals surface area contributed by atoms with Gasteiger partial charge in [0.1, 0.15) is 11.9 Å². The van der Waals surface area contributed by atoms with Crippen molar-refractivity contribution in [1.29, 1.82) is 0 Å². The quantitative estimate of drug-likeness (QED) is 0.539. The number of amides is 3. The van der Waals surface area contributed by atoms with Crippen LogP contribution in [0, 0.1) is 0 Å². The molecule has 1 unspecified atom stereocenters. The maximum atomic E-state index is 13.2. The zero-order valence-corrected chi connectivity index (χ0v) is 17.2. The van der Waals surface area contributed by atoms with Crippen molar-refractivity contribution in [3.8, 4) is 0 Å². The SMILES string of the molecule is O=C1CCC(N2Cc3cccc(CNc4cc(C5CCNCC5)[nH]n4)c3C2=O)C(=O)N1. The molecule has 5 rings (SSSR count). The molecule has 3 amide bonds. The van der Waals surface area contributed by atoms with Crippen molar-refractivity contribution in [2.45, 2.75) is 50.7 Å². The summed E-state index contributed by atoms with van der Waals surface area (Å²) < 4.78 is 0. The molecule has 2 fully saturated rings. The number of imide groups is 1. The lowest BCUT2D eigenvalue weighted by Gasteiger charge is -2.29. The van der Waals surface area contributed by atoms with E-state index >= 15 is 0 Å². The van der Waals surface area contributed by atoms with Crippen LogP contribution in [0.15, 0.2) is 24.3 Å². The Hall–Kier alpha value is -3.20. The summed E-state index contributed by atoms with van der Waals surface area (Å²) >= 11 is 0. The third-order valence-electron chi connectivity index (χ3n) is 6.48. The van der Waals surface area contributed by atoms with E-state index in [0.29, 0.717) is 31.0 Å². The monoisotopic (exact) mass is 422 g/mol. The number of benzene rings is 1. The molecule has 0 aliphatic carbocycles. The van der Waals surface area contributed by atoms with Gasteiger partial charge in [-0.1, -0.05) is 18.2 Å². The highest BCUT2D eigenvalue weighted by Gasteiger charge is 2.39. The molecule has 1 aromatic heterocycles. The van der Waals surface area contributed by atoms with Crippen LogP contribution in [0.5, 0.6) is 0 Å². The van der Waals surface area contributed by atoms with E-state index in [-0.39, 0.29) is 24.1 Å². The first-order valence-electron chi connectivity index (χ1n) is 10.9. The summed E-state index contributed by atoms with van der Waals surface area (Å²) in [5.74, 6) is 0.434. The van der Waals surface area contributed by atoms with Crippen LogP contribution in [0.1, 0.15) is 58.8 Å². The summed E-state index contributed by atoms with van der Waals surface area (Å²) in [7, 11) is 0. The van der Waals surface area contributed by atoms with Crippen molar-refractivity contribution in [3.63, 3.8) is 0 Å². The van der Waals surface area contributed by atoms with E-state index in [2.05, 4.69) is 32.2 Å². The normalized spacial score (nSPS) is 21.9. The average Bonchev–Trinajstić information content (AvgIpc) is 3.38. The van der Waals surface area contributed by atoms with Gasteiger partial charge in [0.15, 0.2) is 0 Å². The minimum atomic E-state index is -0.600. The predicted molar refractivity (Wildman–Crippen MR) is 113 cm³/mol. The van der Waals surface area contributed by atoms with Crippen LogP contribution >= 0.6 is 0 Å². The highest BCUT2D eigenvalue weighted by atomic mass is 16.2. The van der Waals surface area contributed by atoms with E-state index in [1.807, 2.05) is 18.2 Å². The predicted octanol–water partition coefficient (Wildman–Crippen LogP) is 1.25. The number of carbonyl (C=O) groups excluding carboxylic acids is 3. The summed E-state index contributed by atoms with van der Waals surface area (Å²) in [5.41, 5.74) is 3.58. The molecule has 0 spiro atoms. The Morgan fingerprint density at radius 1 is 1.13 bits per heavy atom. The van der Waals surface area contributed by atoms with Crippen LogP contribution in [-0.2, 0) is 22.7 Å². The molecule has 9 heteroatoms. The number of aromatic amines is 1. The van der Waals surface area contributed by atoms with Gasteiger partial charge in [-0.25, -0.2) is 0 Å². The van der Waals surface area contributed by atoms with Gasteiger partial charge in [-0.2, -0.15) is 5.10 Å². The second-order valence-corrected chi connectivity index (χ2v) is 8.44. The molecule has 4 heterocycles. The van der Waals surface area contributed by atoms with Crippen LogP contribution in [-0.4, -0.2) is 52.0 Å². The largest absolute Gasteiger partial charge is 0.364 e. The summed E-state index contributed by atoms with van der Waals surface area (Å²) in [6.07, 6.45) is 2.81. The van der Waals surface area contributed by atoms with Gasteiger partial charge in [0, 0.05) is 42.8 Å². The number of carbonyl (C=O) groups is 3. The number of anilines is 1. The van der Waals surface area contributed by atoms with Crippen molar-refractivity contribution in [2.24, 2.45) is 0 Å². The molecule has 3 aliphatic heterocycles. The number of nitrogens with one attached hydrogen (secondary N) is 4. The Kier molecular flexibility index (Phi) is 5.19. The molecule has 0 radical (unpaired) electrons. The molecular formula is C22H26N6O3. The summed E-state index contributed by atoms with van der Waals surface area (Å²) in [6.45, 7) is 2.90. The van der Waals surface area contributed by atoms with Crippen LogP contribution in [0.4, 0.5) is 5.82 Å². The lowest BCUT2D eigenvalue weighted by atomic mass is 9.95. The van der Waals surface area contributed by atoms with E-state index < -0.39 is 6.04 Å². The number of H-pyrrole nitrogens is 1. The maximum absolute atomic E-state index is 13.2. The smallest absolute Gasteiger partial charge is 0.255 e. The van der Waals surface area contributed by atoms with Crippen molar-refractivity contribution in [1.82, 2.24) is 25.7 Å². The molecule has 2 saturated heterocycles. The minimum absolute atomic E-state index is 0.153. The van der Waals surface area contributed by atoms with Gasteiger partial charge in [0.25, 0.3) is 5.91 Å². The van der Waals surface area contributed by atoms with Crippen LogP contribution < -0.4 is 16.0 Å². The van der Waals surface area contributed by atoms with Crippen LogP contribution in [0.2, 0.25) is 0 Å². The first-order chi connectivity index (χ1) is 15.1. The van der Waals surface area contributed by atoms with Crippen molar-refractivity contribution in [2.75, 3.05) is 18.4 Å². The van der Waals surface area contributed by atoms with Gasteiger partial charge in [-0.15, -0.1) is 0 Å². The molecule has 3 aliphatic rings. The third-order valence-corrected chi connectivity index (χ3v) is 6.48. The van der Waals surface area contributed by atoms with E-state index in [9.17, 15) is 14.4 Å². The standard InChI is InChI=1S/C22H26N6O3/c29-19-5-4-17(21(30)25-19)28-12-15-3-1-2-14(20(15)22(28)31)11-24-18-10-16(26-27-18)13-6-8-23-9-7-13/h1-3,10,13,17,23H,4-9,11-12H2,(H2,24,26,27)(H,25,29,30). The molecule has 162 valence electrons. The average molecular weight is 422 g/mol. The summed E-state index contributed by atoms with van der Waals surface area (Å²) in [5, 5.41) is 16.6. The first kappa shape index (κ1) is 19.7. The summed E-state index contributed by atoms with van der Waals surface area (Å²) in [6, 6.07) is 7.24. The number of nitrogens with zero attached hydrogens (tertiary/aromatic N) is 2. The number of piperidine rings is 2.